The Morgan fingerprint density at radius 3 is 2.35 bits per heavy atom. The second-order valence-corrected chi connectivity index (χ2v) is 6.45. The van der Waals surface area contributed by atoms with Gasteiger partial charge in [-0.15, -0.1) is 0 Å². The number of carbonyl (C=O) groups is 2. The first-order chi connectivity index (χ1) is 10.7. The Kier molecular flexibility index (Phi) is 4.77. The maximum absolute atomic E-state index is 13.0. The lowest BCUT2D eigenvalue weighted by Crippen LogP contribution is -2.58. The van der Waals surface area contributed by atoms with Crippen molar-refractivity contribution in [3.05, 3.63) is 30.1 Å². The van der Waals surface area contributed by atoms with E-state index in [2.05, 4.69) is 0 Å². The summed E-state index contributed by atoms with van der Waals surface area (Å²) in [4.78, 5) is 26.7. The Balaban J connectivity index is 2.13. The second kappa shape index (κ2) is 6.44. The van der Waals surface area contributed by atoms with Crippen LogP contribution in [-0.4, -0.2) is 53.3 Å². The molecule has 1 fully saturated rings. The third kappa shape index (κ3) is 4.34. The minimum Gasteiger partial charge on any atom is -0.480 e. The zero-order valence-electron chi connectivity index (χ0n) is 13.5. The Hall–Kier alpha value is -2.31. The van der Waals surface area contributed by atoms with E-state index >= 15 is 0 Å². The molecule has 0 bridgehead atoms. The van der Waals surface area contributed by atoms with Crippen molar-refractivity contribution in [2.75, 3.05) is 24.5 Å². The fraction of sp³-hybridized carbons (Fsp3) is 0.500. The molecule has 1 heterocycles. The Morgan fingerprint density at radius 1 is 1.22 bits per heavy atom. The van der Waals surface area contributed by atoms with Gasteiger partial charge in [-0.3, -0.25) is 0 Å². The molecule has 1 aliphatic rings. The quantitative estimate of drug-likeness (QED) is 0.904. The Morgan fingerprint density at radius 2 is 1.83 bits per heavy atom. The van der Waals surface area contributed by atoms with Gasteiger partial charge in [0.2, 0.25) is 0 Å². The average molecular weight is 324 g/mol. The van der Waals surface area contributed by atoms with Crippen molar-refractivity contribution in [2.45, 2.75) is 32.4 Å². The summed E-state index contributed by atoms with van der Waals surface area (Å²) in [6.45, 7) is 5.97. The fourth-order valence-corrected chi connectivity index (χ4v) is 2.43. The lowest BCUT2D eigenvalue weighted by atomic mass is 10.1. The van der Waals surface area contributed by atoms with Gasteiger partial charge in [0.25, 0.3) is 0 Å². The molecule has 0 unspecified atom stereocenters. The monoisotopic (exact) mass is 324 g/mol. The van der Waals surface area contributed by atoms with Gasteiger partial charge in [0.15, 0.2) is 0 Å². The number of hydrogen-bond donors (Lipinski definition) is 1. The first-order valence-electron chi connectivity index (χ1n) is 7.40. The number of hydrogen-bond acceptors (Lipinski definition) is 4. The van der Waals surface area contributed by atoms with E-state index in [1.807, 2.05) is 0 Å². The number of aliphatic carboxylic acids is 1. The summed E-state index contributed by atoms with van der Waals surface area (Å²) in [5.74, 6) is -1.42. The van der Waals surface area contributed by atoms with Crippen molar-refractivity contribution >= 4 is 17.7 Å². The van der Waals surface area contributed by atoms with Crippen molar-refractivity contribution in [1.29, 1.82) is 0 Å². The van der Waals surface area contributed by atoms with Gasteiger partial charge in [-0.25, -0.2) is 14.0 Å². The average Bonchev–Trinajstić information content (AvgIpc) is 2.45. The topological polar surface area (TPSA) is 70.1 Å². The smallest absolute Gasteiger partial charge is 0.410 e. The van der Waals surface area contributed by atoms with E-state index in [-0.39, 0.29) is 12.4 Å². The van der Waals surface area contributed by atoms with Gasteiger partial charge in [-0.2, -0.15) is 0 Å². The van der Waals surface area contributed by atoms with Crippen molar-refractivity contribution < 1.29 is 23.8 Å². The van der Waals surface area contributed by atoms with Gasteiger partial charge in [-0.1, -0.05) is 0 Å². The molecule has 23 heavy (non-hydrogen) atoms. The van der Waals surface area contributed by atoms with Gasteiger partial charge in [-0.05, 0) is 45.0 Å². The number of carbonyl (C=O) groups excluding carboxylic acids is 1. The summed E-state index contributed by atoms with van der Waals surface area (Å²) in [5.41, 5.74) is -0.0215. The molecule has 0 radical (unpaired) electrons. The molecule has 2 rings (SSSR count). The molecule has 1 amide bonds. The highest BCUT2D eigenvalue weighted by molar-refractivity contribution is 5.80. The van der Waals surface area contributed by atoms with Crippen LogP contribution in [0.15, 0.2) is 24.3 Å². The molecular formula is C16H21FN2O4. The molecule has 1 atom stereocenters. The van der Waals surface area contributed by atoms with Gasteiger partial charge in [0.05, 0.1) is 6.54 Å². The number of carboxylic acid groups (broad SMARTS) is 1. The highest BCUT2D eigenvalue weighted by Crippen LogP contribution is 2.22. The van der Waals surface area contributed by atoms with E-state index in [1.54, 1.807) is 25.7 Å². The van der Waals surface area contributed by atoms with Crippen LogP contribution < -0.4 is 4.90 Å². The number of rotatable bonds is 2. The van der Waals surface area contributed by atoms with Crippen LogP contribution in [0.5, 0.6) is 0 Å². The number of nitrogens with zero attached hydrogens (tertiary/aromatic N) is 2. The molecule has 0 spiro atoms. The molecule has 1 aromatic carbocycles. The molecule has 0 aliphatic carbocycles. The van der Waals surface area contributed by atoms with E-state index < -0.39 is 23.7 Å². The predicted octanol–water partition coefficient (Wildman–Crippen LogP) is 2.34. The largest absolute Gasteiger partial charge is 0.480 e. The van der Waals surface area contributed by atoms with Crippen LogP contribution in [0, 0.1) is 5.82 Å². The molecule has 1 aromatic rings. The molecule has 0 aromatic heterocycles. The molecule has 1 saturated heterocycles. The normalized spacial score (nSPS) is 18.7. The molecule has 6 nitrogen and oxygen atoms in total. The van der Waals surface area contributed by atoms with Gasteiger partial charge in [0.1, 0.15) is 17.5 Å². The Labute approximate surface area is 134 Å². The fourth-order valence-electron chi connectivity index (χ4n) is 2.43. The highest BCUT2D eigenvalue weighted by atomic mass is 19.1. The first-order valence-corrected chi connectivity index (χ1v) is 7.40. The summed E-state index contributed by atoms with van der Waals surface area (Å²) < 4.78 is 18.3. The van der Waals surface area contributed by atoms with Crippen molar-refractivity contribution in [3.8, 4) is 0 Å². The molecule has 126 valence electrons. The number of amides is 1. The van der Waals surface area contributed by atoms with E-state index in [4.69, 9.17) is 4.74 Å². The standard InChI is InChI=1S/C16H21FN2O4/c1-16(2,3)23-15(22)18-8-9-19(13(10-18)14(20)21)12-6-4-11(17)5-7-12/h4-7,13H,8-10H2,1-3H3,(H,20,21)/t13-/m0/s1. The van der Waals surface area contributed by atoms with Crippen LogP contribution >= 0.6 is 0 Å². The van der Waals surface area contributed by atoms with Crippen molar-refractivity contribution in [3.63, 3.8) is 0 Å². The number of anilines is 1. The number of benzene rings is 1. The van der Waals surface area contributed by atoms with Crippen molar-refractivity contribution in [1.82, 2.24) is 4.90 Å². The summed E-state index contributed by atoms with van der Waals surface area (Å²) in [7, 11) is 0. The van der Waals surface area contributed by atoms with Crippen LogP contribution in [0.25, 0.3) is 0 Å². The molecule has 1 aliphatic heterocycles. The lowest BCUT2D eigenvalue weighted by Gasteiger charge is -2.40. The number of piperazine rings is 1. The maximum atomic E-state index is 13.0. The minimum absolute atomic E-state index is 0.0155. The minimum atomic E-state index is -1.04. The summed E-state index contributed by atoms with van der Waals surface area (Å²) >= 11 is 0. The third-order valence-corrected chi connectivity index (χ3v) is 3.48. The molecule has 0 saturated carbocycles. The van der Waals surface area contributed by atoms with Gasteiger partial charge in [0, 0.05) is 18.8 Å². The highest BCUT2D eigenvalue weighted by Gasteiger charge is 2.36. The van der Waals surface area contributed by atoms with E-state index in [9.17, 15) is 19.1 Å². The molecular weight excluding hydrogens is 303 g/mol. The summed E-state index contributed by atoms with van der Waals surface area (Å²) in [5, 5.41) is 9.46. The maximum Gasteiger partial charge on any atom is 0.410 e. The van der Waals surface area contributed by atoms with Crippen LogP contribution in [0.4, 0.5) is 14.9 Å². The number of ether oxygens (including phenoxy) is 1. The SMILES string of the molecule is CC(C)(C)OC(=O)N1CCN(c2ccc(F)cc2)[C@H](C(=O)O)C1. The first kappa shape index (κ1) is 17.1. The molecule has 7 heteroatoms. The summed E-state index contributed by atoms with van der Waals surface area (Å²) in [6, 6.07) is 4.74. The van der Waals surface area contributed by atoms with E-state index in [0.717, 1.165) is 0 Å². The van der Waals surface area contributed by atoms with Crippen LogP contribution in [0.2, 0.25) is 0 Å². The number of carboxylic acids is 1. The third-order valence-electron chi connectivity index (χ3n) is 3.48. The Bertz CT molecular complexity index is 583. The van der Waals surface area contributed by atoms with E-state index in [0.29, 0.717) is 18.8 Å². The van der Waals surface area contributed by atoms with Crippen LogP contribution in [0.1, 0.15) is 20.8 Å². The lowest BCUT2D eigenvalue weighted by molar-refractivity contribution is -0.139. The van der Waals surface area contributed by atoms with Crippen LogP contribution in [-0.2, 0) is 9.53 Å². The zero-order chi connectivity index (χ0) is 17.2. The van der Waals surface area contributed by atoms with Crippen molar-refractivity contribution in [2.24, 2.45) is 0 Å². The molecule has 1 N–H and O–H groups in total. The predicted molar refractivity (Wildman–Crippen MR) is 83.0 cm³/mol. The van der Waals surface area contributed by atoms with Gasteiger partial charge >= 0.3 is 12.1 Å². The van der Waals surface area contributed by atoms with Crippen LogP contribution in [0.3, 0.4) is 0 Å². The zero-order valence-corrected chi connectivity index (χ0v) is 13.5. The number of halogens is 1. The second-order valence-electron chi connectivity index (χ2n) is 6.45. The van der Waals surface area contributed by atoms with E-state index in [1.165, 1.54) is 29.2 Å². The summed E-state index contributed by atoms with van der Waals surface area (Å²) in [6.07, 6.45) is -0.525. The van der Waals surface area contributed by atoms with Gasteiger partial charge < -0.3 is 19.6 Å².